The Morgan fingerprint density at radius 3 is 2.16 bits per heavy atom. The molecule has 0 saturated heterocycles. The molecule has 0 saturated carbocycles. The number of ether oxygens (including phenoxy) is 1. The number of imide groups is 1. The van der Waals surface area contributed by atoms with Crippen LogP contribution in [0.5, 0.6) is 0 Å². The van der Waals surface area contributed by atoms with E-state index in [0.717, 1.165) is 30.6 Å². The number of nitrogens with zero attached hydrogens (tertiary/aromatic N) is 3. The summed E-state index contributed by atoms with van der Waals surface area (Å²) in [6.07, 6.45) is 3.84. The normalized spacial score (nSPS) is 13.0. The van der Waals surface area contributed by atoms with Gasteiger partial charge in [0, 0.05) is 11.9 Å². The van der Waals surface area contributed by atoms with E-state index in [1.54, 1.807) is 48.5 Å². The Balaban J connectivity index is 1.57. The van der Waals surface area contributed by atoms with Gasteiger partial charge in [0.2, 0.25) is 0 Å². The maximum atomic E-state index is 12.9. The maximum absolute atomic E-state index is 12.9. The number of fused-ring (bicyclic) bond motifs is 2. The molecule has 2 aromatic carbocycles. The second-order valence-electron chi connectivity index (χ2n) is 7.63. The smallest absolute Gasteiger partial charge is 0.361 e. The highest BCUT2D eigenvalue weighted by Crippen LogP contribution is 2.22. The molecular weight excluding hydrogens is 410 g/mol. The van der Waals surface area contributed by atoms with Gasteiger partial charge in [-0.25, -0.2) is 14.4 Å². The van der Waals surface area contributed by atoms with Crippen molar-refractivity contribution in [3.8, 4) is 0 Å². The van der Waals surface area contributed by atoms with Gasteiger partial charge >= 0.3 is 5.97 Å². The van der Waals surface area contributed by atoms with Crippen molar-refractivity contribution in [1.82, 2.24) is 14.7 Å². The van der Waals surface area contributed by atoms with Gasteiger partial charge in [-0.3, -0.25) is 14.4 Å². The van der Waals surface area contributed by atoms with Crippen LogP contribution in [0.2, 0.25) is 0 Å². The molecule has 0 bridgehead atoms. The summed E-state index contributed by atoms with van der Waals surface area (Å²) in [7, 11) is 0. The van der Waals surface area contributed by atoms with Crippen LogP contribution in [-0.2, 0) is 11.3 Å². The van der Waals surface area contributed by atoms with Gasteiger partial charge in [-0.2, -0.15) is 5.10 Å². The summed E-state index contributed by atoms with van der Waals surface area (Å²) in [5, 5.41) is 5.00. The van der Waals surface area contributed by atoms with Crippen LogP contribution >= 0.6 is 0 Å². The van der Waals surface area contributed by atoms with Crippen LogP contribution in [0.25, 0.3) is 10.8 Å². The van der Waals surface area contributed by atoms with Gasteiger partial charge < -0.3 is 4.74 Å². The molecule has 164 valence electrons. The molecule has 0 aliphatic carbocycles. The van der Waals surface area contributed by atoms with E-state index in [9.17, 15) is 19.2 Å². The number of amides is 2. The van der Waals surface area contributed by atoms with E-state index in [0.29, 0.717) is 17.3 Å². The first-order chi connectivity index (χ1) is 15.5. The summed E-state index contributed by atoms with van der Waals surface area (Å²) in [6, 6.07) is 13.1. The fourth-order valence-corrected chi connectivity index (χ4v) is 3.77. The van der Waals surface area contributed by atoms with Crippen molar-refractivity contribution in [2.75, 3.05) is 6.73 Å². The molecule has 0 unspecified atom stereocenters. The number of carbonyl (C=O) groups excluding carboxylic acids is 3. The average Bonchev–Trinajstić information content (AvgIpc) is 3.06. The summed E-state index contributed by atoms with van der Waals surface area (Å²) in [4.78, 5) is 51.6. The van der Waals surface area contributed by atoms with Crippen molar-refractivity contribution in [2.24, 2.45) is 0 Å². The van der Waals surface area contributed by atoms with Crippen LogP contribution in [0.1, 0.15) is 63.8 Å². The molecule has 2 amide bonds. The van der Waals surface area contributed by atoms with Gasteiger partial charge in [-0.1, -0.05) is 56.5 Å². The van der Waals surface area contributed by atoms with Crippen LogP contribution in [0.15, 0.2) is 53.3 Å². The largest absolute Gasteiger partial charge is 0.439 e. The first-order valence-electron chi connectivity index (χ1n) is 10.6. The van der Waals surface area contributed by atoms with Crippen molar-refractivity contribution < 1.29 is 19.1 Å². The number of hydrogen-bond donors (Lipinski definition) is 0. The third kappa shape index (κ3) is 3.91. The van der Waals surface area contributed by atoms with E-state index >= 15 is 0 Å². The monoisotopic (exact) mass is 433 g/mol. The number of benzene rings is 2. The maximum Gasteiger partial charge on any atom is 0.361 e. The lowest BCUT2D eigenvalue weighted by Gasteiger charge is -2.15. The van der Waals surface area contributed by atoms with Crippen molar-refractivity contribution >= 4 is 28.6 Å². The van der Waals surface area contributed by atoms with E-state index < -0.39 is 24.5 Å². The Morgan fingerprint density at radius 1 is 0.875 bits per heavy atom. The topological polar surface area (TPSA) is 98.6 Å². The van der Waals surface area contributed by atoms with E-state index in [2.05, 4.69) is 12.0 Å². The third-order valence-electron chi connectivity index (χ3n) is 5.49. The number of esters is 1. The van der Waals surface area contributed by atoms with Crippen molar-refractivity contribution in [2.45, 2.75) is 39.2 Å². The molecule has 4 rings (SSSR count). The number of hydrogen-bond acceptors (Lipinski definition) is 6. The number of aromatic nitrogens is 2. The Morgan fingerprint density at radius 2 is 1.50 bits per heavy atom. The van der Waals surface area contributed by atoms with Crippen LogP contribution in [0.4, 0.5) is 0 Å². The van der Waals surface area contributed by atoms with Crippen LogP contribution in [-0.4, -0.2) is 39.2 Å². The minimum atomic E-state index is -0.805. The lowest BCUT2D eigenvalue weighted by atomic mass is 10.1. The molecule has 0 radical (unpaired) electrons. The molecule has 8 nitrogen and oxygen atoms in total. The number of carbonyl (C=O) groups is 3. The zero-order valence-electron chi connectivity index (χ0n) is 17.7. The molecular formula is C24H23N3O5. The highest BCUT2D eigenvalue weighted by molar-refractivity contribution is 6.21. The molecule has 1 aliphatic rings. The molecule has 1 aromatic heterocycles. The number of rotatable bonds is 8. The van der Waals surface area contributed by atoms with Crippen LogP contribution in [0.3, 0.4) is 0 Å². The third-order valence-corrected chi connectivity index (χ3v) is 5.49. The lowest BCUT2D eigenvalue weighted by Crippen LogP contribution is -2.34. The van der Waals surface area contributed by atoms with E-state index in [1.807, 2.05) is 0 Å². The van der Waals surface area contributed by atoms with Crippen LogP contribution < -0.4 is 5.56 Å². The predicted molar refractivity (Wildman–Crippen MR) is 117 cm³/mol. The summed E-state index contributed by atoms with van der Waals surface area (Å²) in [6.45, 7) is 1.96. The second kappa shape index (κ2) is 9.13. The van der Waals surface area contributed by atoms with Crippen molar-refractivity contribution in [3.63, 3.8) is 0 Å². The Kier molecular flexibility index (Phi) is 6.11. The van der Waals surface area contributed by atoms with Gasteiger partial charge in [0.05, 0.1) is 16.5 Å². The van der Waals surface area contributed by atoms with Gasteiger partial charge in [-0.15, -0.1) is 0 Å². The van der Waals surface area contributed by atoms with Gasteiger partial charge in [-0.05, 0) is 24.6 Å². The van der Waals surface area contributed by atoms with Crippen molar-refractivity contribution in [1.29, 1.82) is 0 Å². The minimum Gasteiger partial charge on any atom is -0.439 e. The van der Waals surface area contributed by atoms with Crippen molar-refractivity contribution in [3.05, 3.63) is 75.7 Å². The molecule has 0 N–H and O–H groups in total. The average molecular weight is 433 g/mol. The fourth-order valence-electron chi connectivity index (χ4n) is 3.77. The minimum absolute atomic E-state index is 0.0210. The predicted octanol–water partition coefficient (Wildman–Crippen LogP) is 3.39. The molecule has 2 heterocycles. The fraction of sp³-hybridized carbons (Fsp3) is 0.292. The van der Waals surface area contributed by atoms with E-state index in [1.165, 1.54) is 4.68 Å². The SMILES string of the molecule is CCCCCCn1nc(C(=O)OCN2C(=O)c3ccccc3C2=O)c2ccccc2c1=O. The Hall–Kier alpha value is -3.81. The first kappa shape index (κ1) is 21.4. The van der Waals surface area contributed by atoms with E-state index in [4.69, 9.17) is 4.74 Å². The summed E-state index contributed by atoms with van der Waals surface area (Å²) < 4.78 is 6.59. The zero-order chi connectivity index (χ0) is 22.7. The Labute approximate surface area is 184 Å². The van der Waals surface area contributed by atoms with Gasteiger partial charge in [0.1, 0.15) is 0 Å². The quantitative estimate of drug-likeness (QED) is 0.307. The highest BCUT2D eigenvalue weighted by Gasteiger charge is 2.36. The molecule has 1 aliphatic heterocycles. The molecule has 0 atom stereocenters. The Bertz CT molecular complexity index is 1230. The first-order valence-corrected chi connectivity index (χ1v) is 10.6. The van der Waals surface area contributed by atoms with Gasteiger partial charge in [0.25, 0.3) is 17.4 Å². The standard InChI is InChI=1S/C24H23N3O5/c1-2-3-4-9-14-27-23(30)17-11-6-5-10-16(17)20(25-27)24(31)32-15-26-21(28)18-12-7-8-13-19(18)22(26)29/h5-8,10-13H,2-4,9,14-15H2,1H3. The number of aryl methyl sites for hydroxylation is 1. The number of unbranched alkanes of at least 4 members (excludes halogenated alkanes) is 3. The molecule has 8 heteroatoms. The molecule has 0 fully saturated rings. The lowest BCUT2D eigenvalue weighted by molar-refractivity contribution is 0.0223. The molecule has 3 aromatic rings. The summed E-state index contributed by atoms with van der Waals surface area (Å²) >= 11 is 0. The molecule has 0 spiro atoms. The van der Waals surface area contributed by atoms with Crippen LogP contribution in [0, 0.1) is 0 Å². The van der Waals surface area contributed by atoms with Gasteiger partial charge in [0.15, 0.2) is 12.4 Å². The van der Waals surface area contributed by atoms with E-state index in [-0.39, 0.29) is 22.4 Å². The summed E-state index contributed by atoms with van der Waals surface area (Å²) in [5.74, 6) is -1.84. The molecule has 32 heavy (non-hydrogen) atoms. The zero-order valence-corrected chi connectivity index (χ0v) is 17.7. The summed E-state index contributed by atoms with van der Waals surface area (Å²) in [5.41, 5.74) is 0.261. The second-order valence-corrected chi connectivity index (χ2v) is 7.63. The highest BCUT2D eigenvalue weighted by atomic mass is 16.5.